The van der Waals surface area contributed by atoms with Crippen LogP contribution in [0.5, 0.6) is 0 Å². The van der Waals surface area contributed by atoms with Crippen molar-refractivity contribution in [2.45, 2.75) is 27.3 Å². The second kappa shape index (κ2) is 8.30. The Bertz CT molecular complexity index is 661. The third kappa shape index (κ3) is 4.48. The van der Waals surface area contributed by atoms with Crippen LogP contribution in [0, 0.1) is 6.92 Å². The zero-order chi connectivity index (χ0) is 17.6. The normalized spacial score (nSPS) is 15.4. The van der Waals surface area contributed by atoms with Gasteiger partial charge in [0.2, 0.25) is 5.95 Å². The average Bonchev–Trinajstić information content (AvgIpc) is 2.64. The van der Waals surface area contributed by atoms with E-state index in [1.165, 1.54) is 5.56 Å². The van der Waals surface area contributed by atoms with Crippen molar-refractivity contribution in [2.75, 3.05) is 49.1 Å². The molecule has 1 aliphatic heterocycles. The Morgan fingerprint density at radius 3 is 2.28 bits per heavy atom. The molecule has 2 heterocycles. The molecule has 0 amide bonds. The van der Waals surface area contributed by atoms with Crippen molar-refractivity contribution in [2.24, 2.45) is 0 Å². The van der Waals surface area contributed by atoms with Crippen LogP contribution >= 0.6 is 0 Å². The first-order valence-corrected chi connectivity index (χ1v) is 9.31. The molecule has 0 unspecified atom stereocenters. The van der Waals surface area contributed by atoms with E-state index in [1.54, 1.807) is 0 Å². The first-order chi connectivity index (χ1) is 12.2. The van der Waals surface area contributed by atoms with E-state index in [-0.39, 0.29) is 0 Å². The number of nitrogens with zero attached hydrogens (tertiary/aromatic N) is 5. The summed E-state index contributed by atoms with van der Waals surface area (Å²) >= 11 is 0. The lowest BCUT2D eigenvalue weighted by Crippen LogP contribution is -2.46. The Hall–Kier alpha value is -2.14. The van der Waals surface area contributed by atoms with E-state index >= 15 is 0 Å². The maximum absolute atomic E-state index is 4.83. The van der Waals surface area contributed by atoms with Crippen LogP contribution in [0.2, 0.25) is 0 Å². The lowest BCUT2D eigenvalue weighted by atomic mass is 10.2. The molecule has 25 heavy (non-hydrogen) atoms. The second-order valence-corrected chi connectivity index (χ2v) is 6.59. The molecule has 1 saturated heterocycles. The van der Waals surface area contributed by atoms with Gasteiger partial charge in [0, 0.05) is 57.6 Å². The van der Waals surface area contributed by atoms with Crippen LogP contribution in [0.25, 0.3) is 0 Å². The maximum atomic E-state index is 4.83. The average molecular weight is 339 g/mol. The summed E-state index contributed by atoms with van der Waals surface area (Å²) in [6.07, 6.45) is 0. The molecule has 0 spiro atoms. The molecule has 0 atom stereocenters. The molecule has 134 valence electrons. The Morgan fingerprint density at radius 1 is 0.960 bits per heavy atom. The summed E-state index contributed by atoms with van der Waals surface area (Å²) in [6.45, 7) is 13.4. The third-order valence-corrected chi connectivity index (χ3v) is 4.82. The molecule has 5 nitrogen and oxygen atoms in total. The van der Waals surface area contributed by atoms with Crippen LogP contribution in [0.1, 0.15) is 25.1 Å². The Kier molecular flexibility index (Phi) is 5.87. The zero-order valence-electron chi connectivity index (χ0n) is 15.6. The van der Waals surface area contributed by atoms with Crippen LogP contribution < -0.4 is 9.80 Å². The first-order valence-electron chi connectivity index (χ1n) is 9.31. The first kappa shape index (κ1) is 17.7. The fourth-order valence-corrected chi connectivity index (χ4v) is 3.34. The van der Waals surface area contributed by atoms with Crippen LogP contribution in [-0.4, -0.2) is 54.1 Å². The van der Waals surface area contributed by atoms with E-state index in [9.17, 15) is 0 Å². The van der Waals surface area contributed by atoms with Gasteiger partial charge in [-0.1, -0.05) is 30.3 Å². The smallest absolute Gasteiger partial charge is 0.227 e. The number of anilines is 2. The quantitative estimate of drug-likeness (QED) is 0.808. The highest BCUT2D eigenvalue weighted by Crippen LogP contribution is 2.19. The van der Waals surface area contributed by atoms with E-state index in [4.69, 9.17) is 4.98 Å². The summed E-state index contributed by atoms with van der Waals surface area (Å²) in [5.41, 5.74) is 2.42. The van der Waals surface area contributed by atoms with Gasteiger partial charge in [0.25, 0.3) is 0 Å². The number of hydrogen-bond acceptors (Lipinski definition) is 5. The van der Waals surface area contributed by atoms with E-state index in [0.29, 0.717) is 0 Å². The topological polar surface area (TPSA) is 35.5 Å². The highest BCUT2D eigenvalue weighted by Gasteiger charge is 2.20. The summed E-state index contributed by atoms with van der Waals surface area (Å²) in [5, 5.41) is 0. The standard InChI is InChI=1S/C20H29N5/c1-4-24(5-2)19-15-17(3)21-20(22-19)25-13-11-23(12-14-25)16-18-9-7-6-8-10-18/h6-10,15H,4-5,11-14,16H2,1-3H3. The molecular formula is C20H29N5. The van der Waals surface area contributed by atoms with Crippen molar-refractivity contribution in [1.82, 2.24) is 14.9 Å². The number of aromatic nitrogens is 2. The van der Waals surface area contributed by atoms with Gasteiger partial charge in [-0.05, 0) is 26.3 Å². The molecule has 1 aliphatic rings. The molecule has 1 aromatic carbocycles. The predicted molar refractivity (Wildman–Crippen MR) is 104 cm³/mol. The second-order valence-electron chi connectivity index (χ2n) is 6.59. The molecule has 3 rings (SSSR count). The lowest BCUT2D eigenvalue weighted by Gasteiger charge is -2.35. The molecule has 0 aliphatic carbocycles. The van der Waals surface area contributed by atoms with Crippen molar-refractivity contribution in [3.05, 3.63) is 47.7 Å². The number of hydrogen-bond donors (Lipinski definition) is 0. The largest absolute Gasteiger partial charge is 0.357 e. The molecule has 0 N–H and O–H groups in total. The molecule has 0 bridgehead atoms. The molecular weight excluding hydrogens is 310 g/mol. The van der Waals surface area contributed by atoms with Crippen LogP contribution in [0.15, 0.2) is 36.4 Å². The summed E-state index contributed by atoms with van der Waals surface area (Å²) in [5.74, 6) is 1.92. The van der Waals surface area contributed by atoms with Crippen LogP contribution in [0.3, 0.4) is 0 Å². The van der Waals surface area contributed by atoms with E-state index in [1.807, 2.05) is 0 Å². The third-order valence-electron chi connectivity index (χ3n) is 4.82. The molecule has 0 saturated carbocycles. The van der Waals surface area contributed by atoms with Gasteiger partial charge in [0.05, 0.1) is 0 Å². The van der Waals surface area contributed by atoms with Crippen molar-refractivity contribution >= 4 is 11.8 Å². The van der Waals surface area contributed by atoms with Crippen molar-refractivity contribution in [3.8, 4) is 0 Å². The summed E-state index contributed by atoms with van der Waals surface area (Å²) in [7, 11) is 0. The zero-order valence-corrected chi connectivity index (χ0v) is 15.6. The molecule has 2 aromatic rings. The summed E-state index contributed by atoms with van der Waals surface area (Å²) < 4.78 is 0. The Balaban J connectivity index is 1.64. The Labute approximate surface area is 151 Å². The lowest BCUT2D eigenvalue weighted by molar-refractivity contribution is 0.248. The molecule has 0 radical (unpaired) electrons. The van der Waals surface area contributed by atoms with Crippen LogP contribution in [0.4, 0.5) is 11.8 Å². The van der Waals surface area contributed by atoms with Gasteiger partial charge in [0.15, 0.2) is 0 Å². The van der Waals surface area contributed by atoms with E-state index < -0.39 is 0 Å². The highest BCUT2D eigenvalue weighted by atomic mass is 15.3. The summed E-state index contributed by atoms with van der Waals surface area (Å²) in [6, 6.07) is 12.8. The van der Waals surface area contributed by atoms with Gasteiger partial charge in [-0.15, -0.1) is 0 Å². The Morgan fingerprint density at radius 2 is 1.64 bits per heavy atom. The maximum Gasteiger partial charge on any atom is 0.227 e. The number of benzene rings is 1. The fraction of sp³-hybridized carbons (Fsp3) is 0.500. The van der Waals surface area contributed by atoms with Crippen molar-refractivity contribution < 1.29 is 0 Å². The summed E-state index contributed by atoms with van der Waals surface area (Å²) in [4.78, 5) is 16.6. The fourth-order valence-electron chi connectivity index (χ4n) is 3.34. The predicted octanol–water partition coefficient (Wildman–Crippen LogP) is 2.95. The minimum atomic E-state index is 0.876. The van der Waals surface area contributed by atoms with E-state index in [0.717, 1.165) is 63.3 Å². The number of aryl methyl sites for hydroxylation is 1. The number of piperazine rings is 1. The molecule has 1 aromatic heterocycles. The van der Waals surface area contributed by atoms with Crippen molar-refractivity contribution in [3.63, 3.8) is 0 Å². The van der Waals surface area contributed by atoms with Crippen LogP contribution in [-0.2, 0) is 6.54 Å². The van der Waals surface area contributed by atoms with Gasteiger partial charge in [-0.2, -0.15) is 4.98 Å². The minimum absolute atomic E-state index is 0.876. The van der Waals surface area contributed by atoms with Crippen molar-refractivity contribution in [1.29, 1.82) is 0 Å². The van der Waals surface area contributed by atoms with Gasteiger partial charge in [0.1, 0.15) is 5.82 Å². The minimum Gasteiger partial charge on any atom is -0.357 e. The highest BCUT2D eigenvalue weighted by molar-refractivity contribution is 5.46. The van der Waals surface area contributed by atoms with Gasteiger partial charge >= 0.3 is 0 Å². The van der Waals surface area contributed by atoms with Gasteiger partial charge in [-0.25, -0.2) is 4.98 Å². The SMILES string of the molecule is CCN(CC)c1cc(C)nc(N2CCN(Cc3ccccc3)CC2)n1. The van der Waals surface area contributed by atoms with Gasteiger partial charge in [-0.3, -0.25) is 4.90 Å². The van der Waals surface area contributed by atoms with Gasteiger partial charge < -0.3 is 9.80 Å². The monoisotopic (exact) mass is 339 g/mol. The molecule has 5 heteroatoms. The van der Waals surface area contributed by atoms with E-state index in [2.05, 4.69) is 76.9 Å². The molecule has 1 fully saturated rings. The number of rotatable bonds is 6.